The molecule has 1 aliphatic heterocycles. The fourth-order valence-electron chi connectivity index (χ4n) is 1.04. The lowest BCUT2D eigenvalue weighted by Gasteiger charge is -2.26. The molecule has 0 radical (unpaired) electrons. The second-order valence-corrected chi connectivity index (χ2v) is 4.32. The topological polar surface area (TPSA) is 12.0 Å². The molecule has 1 aromatic heterocycles. The highest BCUT2D eigenvalue weighted by atomic mass is 79.9. The summed E-state index contributed by atoms with van der Waals surface area (Å²) in [5, 5.41) is 5.50. The SMILES string of the molecule is Brc1csc([C@H]2CCN2)c1.Cl. The highest BCUT2D eigenvalue weighted by Crippen LogP contribution is 2.30. The van der Waals surface area contributed by atoms with E-state index in [0.29, 0.717) is 6.04 Å². The van der Waals surface area contributed by atoms with E-state index in [-0.39, 0.29) is 12.4 Å². The molecule has 2 heterocycles. The molecule has 1 atom stereocenters. The lowest BCUT2D eigenvalue weighted by atomic mass is 10.1. The monoisotopic (exact) mass is 253 g/mol. The van der Waals surface area contributed by atoms with Gasteiger partial charge in [0.2, 0.25) is 0 Å². The molecule has 11 heavy (non-hydrogen) atoms. The van der Waals surface area contributed by atoms with E-state index in [9.17, 15) is 0 Å². The standard InChI is InChI=1S/C7H8BrNS.ClH/c8-5-3-7(10-4-5)6-1-2-9-6;/h3-4,6,9H,1-2H2;1H/t6-;/m1./s1. The Morgan fingerprint density at radius 1 is 1.64 bits per heavy atom. The van der Waals surface area contributed by atoms with Gasteiger partial charge in [0.1, 0.15) is 0 Å². The van der Waals surface area contributed by atoms with Gasteiger partial charge in [-0.1, -0.05) is 0 Å². The van der Waals surface area contributed by atoms with Crippen molar-refractivity contribution in [2.45, 2.75) is 12.5 Å². The third-order valence-corrected chi connectivity index (χ3v) is 3.56. The molecule has 0 spiro atoms. The van der Waals surface area contributed by atoms with Gasteiger partial charge in [0.05, 0.1) is 0 Å². The predicted molar refractivity (Wildman–Crippen MR) is 54.6 cm³/mol. The minimum Gasteiger partial charge on any atom is -0.309 e. The van der Waals surface area contributed by atoms with Gasteiger partial charge < -0.3 is 5.32 Å². The van der Waals surface area contributed by atoms with Crippen LogP contribution in [0.3, 0.4) is 0 Å². The van der Waals surface area contributed by atoms with E-state index in [2.05, 4.69) is 32.7 Å². The summed E-state index contributed by atoms with van der Waals surface area (Å²) >= 11 is 5.26. The second kappa shape index (κ2) is 3.90. The molecule has 1 aliphatic rings. The zero-order valence-corrected chi connectivity index (χ0v) is 9.06. The Labute approximate surface area is 84.7 Å². The highest BCUT2D eigenvalue weighted by molar-refractivity contribution is 9.10. The van der Waals surface area contributed by atoms with Gasteiger partial charge in [0, 0.05) is 20.8 Å². The first-order valence-corrected chi connectivity index (χ1v) is 5.01. The predicted octanol–water partition coefficient (Wildman–Crippen LogP) is 2.97. The van der Waals surface area contributed by atoms with Crippen molar-refractivity contribution in [3.05, 3.63) is 20.8 Å². The molecule has 1 aromatic rings. The first-order valence-electron chi connectivity index (χ1n) is 3.33. The summed E-state index contributed by atoms with van der Waals surface area (Å²) in [5.41, 5.74) is 0. The van der Waals surface area contributed by atoms with Crippen molar-refractivity contribution >= 4 is 39.7 Å². The van der Waals surface area contributed by atoms with Crippen molar-refractivity contribution in [1.29, 1.82) is 0 Å². The second-order valence-electron chi connectivity index (χ2n) is 2.46. The summed E-state index contributed by atoms with van der Waals surface area (Å²) in [7, 11) is 0. The van der Waals surface area contributed by atoms with Crippen molar-refractivity contribution in [3.63, 3.8) is 0 Å². The summed E-state index contributed by atoms with van der Waals surface area (Å²) in [6.07, 6.45) is 1.30. The third-order valence-electron chi connectivity index (χ3n) is 1.75. The fourth-order valence-corrected chi connectivity index (χ4v) is 2.60. The van der Waals surface area contributed by atoms with Crippen LogP contribution >= 0.6 is 39.7 Å². The summed E-state index contributed by atoms with van der Waals surface area (Å²) in [6.45, 7) is 1.18. The maximum atomic E-state index is 3.44. The molecule has 1 saturated heterocycles. The van der Waals surface area contributed by atoms with Gasteiger partial charge in [-0.3, -0.25) is 0 Å². The van der Waals surface area contributed by atoms with E-state index in [1.165, 1.54) is 22.3 Å². The summed E-state index contributed by atoms with van der Waals surface area (Å²) in [5.74, 6) is 0. The van der Waals surface area contributed by atoms with Crippen LogP contribution < -0.4 is 5.32 Å². The lowest BCUT2D eigenvalue weighted by Crippen LogP contribution is -2.34. The molecule has 0 aromatic carbocycles. The van der Waals surface area contributed by atoms with Crippen LogP contribution in [0, 0.1) is 0 Å². The van der Waals surface area contributed by atoms with E-state index in [4.69, 9.17) is 0 Å². The Morgan fingerprint density at radius 2 is 2.36 bits per heavy atom. The minimum absolute atomic E-state index is 0. The number of thiophene rings is 1. The summed E-state index contributed by atoms with van der Waals surface area (Å²) < 4.78 is 1.21. The Morgan fingerprint density at radius 3 is 2.73 bits per heavy atom. The molecule has 0 unspecified atom stereocenters. The Kier molecular flexibility index (Phi) is 3.37. The quantitative estimate of drug-likeness (QED) is 0.812. The lowest BCUT2D eigenvalue weighted by molar-refractivity contribution is 0.389. The van der Waals surface area contributed by atoms with Crippen LogP contribution in [-0.4, -0.2) is 6.54 Å². The smallest absolute Gasteiger partial charge is 0.0427 e. The van der Waals surface area contributed by atoms with Crippen LogP contribution in [0.2, 0.25) is 0 Å². The molecular formula is C7H9BrClNS. The van der Waals surface area contributed by atoms with Gasteiger partial charge in [-0.05, 0) is 35.0 Å². The van der Waals surface area contributed by atoms with Crippen molar-refractivity contribution in [2.24, 2.45) is 0 Å². The first-order chi connectivity index (χ1) is 4.86. The normalized spacial score (nSPS) is 22.1. The maximum Gasteiger partial charge on any atom is 0.0427 e. The van der Waals surface area contributed by atoms with E-state index in [1.807, 2.05) is 11.3 Å². The number of halogens is 2. The van der Waals surface area contributed by atoms with E-state index in [1.54, 1.807) is 0 Å². The average molecular weight is 255 g/mol. The summed E-state index contributed by atoms with van der Waals surface area (Å²) in [4.78, 5) is 1.46. The largest absolute Gasteiger partial charge is 0.309 e. The van der Waals surface area contributed by atoms with Gasteiger partial charge >= 0.3 is 0 Å². The fraction of sp³-hybridized carbons (Fsp3) is 0.429. The van der Waals surface area contributed by atoms with Crippen molar-refractivity contribution < 1.29 is 0 Å². The van der Waals surface area contributed by atoms with Crippen LogP contribution in [0.5, 0.6) is 0 Å². The van der Waals surface area contributed by atoms with Crippen molar-refractivity contribution in [3.8, 4) is 0 Å². The zero-order valence-electron chi connectivity index (χ0n) is 5.84. The van der Waals surface area contributed by atoms with Crippen LogP contribution in [0.25, 0.3) is 0 Å². The molecular weight excluding hydrogens is 246 g/mol. The maximum absolute atomic E-state index is 3.44. The van der Waals surface area contributed by atoms with E-state index >= 15 is 0 Å². The van der Waals surface area contributed by atoms with Gasteiger partial charge in [0.25, 0.3) is 0 Å². The molecule has 2 rings (SSSR count). The molecule has 1 N–H and O–H groups in total. The molecule has 1 fully saturated rings. The summed E-state index contributed by atoms with van der Waals surface area (Å²) in [6, 6.07) is 2.85. The van der Waals surface area contributed by atoms with Crippen LogP contribution in [0.1, 0.15) is 17.3 Å². The molecule has 0 amide bonds. The van der Waals surface area contributed by atoms with Gasteiger partial charge in [0.15, 0.2) is 0 Å². The molecule has 0 bridgehead atoms. The molecule has 0 saturated carbocycles. The number of hydrogen-bond donors (Lipinski definition) is 1. The van der Waals surface area contributed by atoms with Crippen molar-refractivity contribution in [2.75, 3.05) is 6.54 Å². The number of hydrogen-bond acceptors (Lipinski definition) is 2. The first kappa shape index (κ1) is 9.52. The molecule has 4 heteroatoms. The Hall–Kier alpha value is 0.430. The van der Waals surface area contributed by atoms with Gasteiger partial charge in [-0.25, -0.2) is 0 Å². The molecule has 0 aliphatic carbocycles. The average Bonchev–Trinajstić information content (AvgIpc) is 2.10. The highest BCUT2D eigenvalue weighted by Gasteiger charge is 2.19. The van der Waals surface area contributed by atoms with Crippen molar-refractivity contribution in [1.82, 2.24) is 5.32 Å². The zero-order chi connectivity index (χ0) is 6.97. The van der Waals surface area contributed by atoms with Gasteiger partial charge in [-0.15, -0.1) is 23.7 Å². The molecule has 1 nitrogen and oxygen atoms in total. The van der Waals surface area contributed by atoms with Gasteiger partial charge in [-0.2, -0.15) is 0 Å². The van der Waals surface area contributed by atoms with Crippen LogP contribution in [-0.2, 0) is 0 Å². The Bertz CT molecular complexity index is 234. The molecule has 62 valence electrons. The minimum atomic E-state index is 0. The Balaban J connectivity index is 0.000000605. The van der Waals surface area contributed by atoms with E-state index in [0.717, 1.165) is 0 Å². The van der Waals surface area contributed by atoms with Crippen LogP contribution in [0.15, 0.2) is 15.9 Å². The van der Waals surface area contributed by atoms with Crippen LogP contribution in [0.4, 0.5) is 0 Å². The van der Waals surface area contributed by atoms with E-state index < -0.39 is 0 Å². The third kappa shape index (κ3) is 1.96. The number of rotatable bonds is 1. The number of nitrogens with one attached hydrogen (secondary N) is 1.